The molecule has 0 spiro atoms. The summed E-state index contributed by atoms with van der Waals surface area (Å²) in [5.74, 6) is 1.40. The average molecular weight is 272 g/mol. The summed E-state index contributed by atoms with van der Waals surface area (Å²) in [7, 11) is 0. The van der Waals surface area contributed by atoms with Crippen LogP contribution >= 0.6 is 0 Å². The third-order valence-electron chi connectivity index (χ3n) is 3.75. The SMILES string of the molecule is CC1(NCc2nc(Cc3ccccc3)no2)CCNC1. The van der Waals surface area contributed by atoms with Gasteiger partial charge in [-0.25, -0.2) is 0 Å². The van der Waals surface area contributed by atoms with Gasteiger partial charge in [0.1, 0.15) is 0 Å². The molecule has 2 heterocycles. The molecule has 5 nitrogen and oxygen atoms in total. The van der Waals surface area contributed by atoms with Crippen molar-refractivity contribution < 1.29 is 4.52 Å². The Bertz CT molecular complexity index is 546. The zero-order chi connectivity index (χ0) is 13.8. The monoisotopic (exact) mass is 272 g/mol. The van der Waals surface area contributed by atoms with Crippen molar-refractivity contribution in [1.29, 1.82) is 0 Å². The molecule has 0 bridgehead atoms. The lowest BCUT2D eigenvalue weighted by Gasteiger charge is -2.23. The molecule has 1 saturated heterocycles. The van der Waals surface area contributed by atoms with Crippen LogP contribution in [0.15, 0.2) is 34.9 Å². The fourth-order valence-corrected chi connectivity index (χ4v) is 2.47. The minimum atomic E-state index is 0.133. The average Bonchev–Trinajstić information content (AvgIpc) is 3.08. The van der Waals surface area contributed by atoms with Gasteiger partial charge in [0.15, 0.2) is 5.82 Å². The highest BCUT2D eigenvalue weighted by Crippen LogP contribution is 2.14. The predicted molar refractivity (Wildman–Crippen MR) is 76.3 cm³/mol. The van der Waals surface area contributed by atoms with Crippen molar-refractivity contribution in [3.63, 3.8) is 0 Å². The van der Waals surface area contributed by atoms with Gasteiger partial charge in [-0.05, 0) is 25.5 Å². The van der Waals surface area contributed by atoms with E-state index >= 15 is 0 Å². The van der Waals surface area contributed by atoms with E-state index in [9.17, 15) is 0 Å². The maximum Gasteiger partial charge on any atom is 0.240 e. The highest BCUT2D eigenvalue weighted by Gasteiger charge is 2.28. The molecule has 1 fully saturated rings. The van der Waals surface area contributed by atoms with Crippen LogP contribution in [-0.2, 0) is 13.0 Å². The van der Waals surface area contributed by atoms with E-state index in [1.165, 1.54) is 5.56 Å². The summed E-state index contributed by atoms with van der Waals surface area (Å²) in [5.41, 5.74) is 1.33. The number of aromatic nitrogens is 2. The molecule has 0 radical (unpaired) electrons. The van der Waals surface area contributed by atoms with Crippen LogP contribution in [0.25, 0.3) is 0 Å². The lowest BCUT2D eigenvalue weighted by Crippen LogP contribution is -2.43. The molecular formula is C15H20N4O. The summed E-state index contributed by atoms with van der Waals surface area (Å²) in [6.45, 7) is 4.89. The molecule has 1 unspecified atom stereocenters. The Morgan fingerprint density at radius 1 is 1.35 bits per heavy atom. The van der Waals surface area contributed by atoms with Crippen molar-refractivity contribution in [3.05, 3.63) is 47.6 Å². The second-order valence-electron chi connectivity index (χ2n) is 5.61. The summed E-state index contributed by atoms with van der Waals surface area (Å²) >= 11 is 0. The quantitative estimate of drug-likeness (QED) is 0.863. The van der Waals surface area contributed by atoms with Gasteiger partial charge in [-0.1, -0.05) is 35.5 Å². The molecule has 2 aromatic rings. The van der Waals surface area contributed by atoms with E-state index in [-0.39, 0.29) is 5.54 Å². The fraction of sp³-hybridized carbons (Fsp3) is 0.467. The van der Waals surface area contributed by atoms with Gasteiger partial charge in [0.2, 0.25) is 5.89 Å². The first kappa shape index (κ1) is 13.3. The number of hydrogen-bond donors (Lipinski definition) is 2. The van der Waals surface area contributed by atoms with E-state index in [1.54, 1.807) is 0 Å². The van der Waals surface area contributed by atoms with E-state index < -0.39 is 0 Å². The Balaban J connectivity index is 1.57. The molecule has 1 aromatic heterocycles. The molecule has 0 saturated carbocycles. The summed E-state index contributed by atoms with van der Waals surface area (Å²) < 4.78 is 5.30. The van der Waals surface area contributed by atoms with Crippen LogP contribution in [0.5, 0.6) is 0 Å². The van der Waals surface area contributed by atoms with E-state index in [2.05, 4.69) is 39.8 Å². The van der Waals surface area contributed by atoms with Crippen LogP contribution < -0.4 is 10.6 Å². The molecule has 0 aliphatic carbocycles. The highest BCUT2D eigenvalue weighted by atomic mass is 16.5. The standard InChI is InChI=1S/C15H20N4O/c1-15(7-8-16-11-15)17-10-14-18-13(19-20-14)9-12-5-3-2-4-6-12/h2-6,16-17H,7-11H2,1H3. The Hall–Kier alpha value is -1.72. The molecule has 2 N–H and O–H groups in total. The van der Waals surface area contributed by atoms with Crippen LogP contribution in [-0.4, -0.2) is 28.8 Å². The van der Waals surface area contributed by atoms with E-state index in [1.807, 2.05) is 18.2 Å². The normalized spacial score (nSPS) is 22.2. The summed E-state index contributed by atoms with van der Waals surface area (Å²) in [6, 6.07) is 10.2. The summed E-state index contributed by atoms with van der Waals surface area (Å²) in [5, 5.41) is 10.9. The molecule has 20 heavy (non-hydrogen) atoms. The highest BCUT2D eigenvalue weighted by molar-refractivity contribution is 5.18. The van der Waals surface area contributed by atoms with Gasteiger partial charge in [0, 0.05) is 18.5 Å². The smallest absolute Gasteiger partial charge is 0.240 e. The predicted octanol–water partition coefficient (Wildman–Crippen LogP) is 1.50. The minimum Gasteiger partial charge on any atom is -0.338 e. The first-order chi connectivity index (χ1) is 9.73. The zero-order valence-corrected chi connectivity index (χ0v) is 11.7. The van der Waals surface area contributed by atoms with Crippen molar-refractivity contribution >= 4 is 0 Å². The number of nitrogens with zero attached hydrogens (tertiary/aromatic N) is 2. The molecule has 1 aliphatic heterocycles. The first-order valence-corrected chi connectivity index (χ1v) is 7.05. The number of benzene rings is 1. The van der Waals surface area contributed by atoms with Gasteiger partial charge in [-0.15, -0.1) is 0 Å². The fourth-order valence-electron chi connectivity index (χ4n) is 2.47. The van der Waals surface area contributed by atoms with Crippen molar-refractivity contribution in [2.75, 3.05) is 13.1 Å². The van der Waals surface area contributed by atoms with Crippen molar-refractivity contribution in [2.45, 2.75) is 31.8 Å². The second-order valence-corrected chi connectivity index (χ2v) is 5.61. The molecule has 1 aliphatic rings. The summed E-state index contributed by atoms with van der Waals surface area (Å²) in [6.07, 6.45) is 1.83. The minimum absolute atomic E-state index is 0.133. The molecular weight excluding hydrogens is 252 g/mol. The van der Waals surface area contributed by atoms with E-state index in [0.29, 0.717) is 18.9 Å². The topological polar surface area (TPSA) is 63.0 Å². The molecule has 1 aromatic carbocycles. The molecule has 3 rings (SSSR count). The molecule has 5 heteroatoms. The zero-order valence-electron chi connectivity index (χ0n) is 11.7. The Kier molecular flexibility index (Phi) is 3.80. The van der Waals surface area contributed by atoms with Crippen molar-refractivity contribution in [2.24, 2.45) is 0 Å². The van der Waals surface area contributed by atoms with Crippen LogP contribution in [0.2, 0.25) is 0 Å². The summed E-state index contributed by atoms with van der Waals surface area (Å²) in [4.78, 5) is 4.44. The maximum atomic E-state index is 5.30. The largest absolute Gasteiger partial charge is 0.338 e. The Morgan fingerprint density at radius 3 is 2.95 bits per heavy atom. The number of nitrogens with one attached hydrogen (secondary N) is 2. The Labute approximate surface area is 118 Å². The van der Waals surface area contributed by atoms with Crippen molar-refractivity contribution in [1.82, 2.24) is 20.8 Å². The van der Waals surface area contributed by atoms with Gasteiger partial charge in [0.25, 0.3) is 0 Å². The lowest BCUT2D eigenvalue weighted by atomic mass is 10.0. The van der Waals surface area contributed by atoms with E-state index in [4.69, 9.17) is 4.52 Å². The van der Waals surface area contributed by atoms with Gasteiger partial charge in [-0.2, -0.15) is 4.98 Å². The molecule has 106 valence electrons. The van der Waals surface area contributed by atoms with Crippen LogP contribution in [0.1, 0.15) is 30.6 Å². The van der Waals surface area contributed by atoms with Gasteiger partial charge in [0.05, 0.1) is 6.54 Å². The maximum absolute atomic E-state index is 5.30. The van der Waals surface area contributed by atoms with Crippen LogP contribution in [0.3, 0.4) is 0 Å². The lowest BCUT2D eigenvalue weighted by molar-refractivity contribution is 0.322. The van der Waals surface area contributed by atoms with Gasteiger partial charge in [-0.3, -0.25) is 0 Å². The number of hydrogen-bond acceptors (Lipinski definition) is 5. The van der Waals surface area contributed by atoms with Crippen molar-refractivity contribution in [3.8, 4) is 0 Å². The third-order valence-corrected chi connectivity index (χ3v) is 3.75. The molecule has 0 amide bonds. The van der Waals surface area contributed by atoms with Gasteiger partial charge < -0.3 is 15.2 Å². The first-order valence-electron chi connectivity index (χ1n) is 7.05. The Morgan fingerprint density at radius 2 is 2.20 bits per heavy atom. The molecule has 1 atom stereocenters. The number of rotatable bonds is 5. The van der Waals surface area contributed by atoms with E-state index in [0.717, 1.165) is 25.3 Å². The van der Waals surface area contributed by atoms with Crippen LogP contribution in [0.4, 0.5) is 0 Å². The van der Waals surface area contributed by atoms with Gasteiger partial charge >= 0.3 is 0 Å². The third kappa shape index (κ3) is 3.23. The van der Waals surface area contributed by atoms with Crippen LogP contribution in [0, 0.1) is 0 Å². The second kappa shape index (κ2) is 5.73.